The fourth-order valence-corrected chi connectivity index (χ4v) is 3.76. The van der Waals surface area contributed by atoms with Crippen LogP contribution in [-0.2, 0) is 12.8 Å². The summed E-state index contributed by atoms with van der Waals surface area (Å²) in [5, 5.41) is 0. The molecule has 110 valence electrons. The summed E-state index contributed by atoms with van der Waals surface area (Å²) in [7, 11) is 0. The van der Waals surface area contributed by atoms with E-state index in [1.165, 1.54) is 12.8 Å². The number of fused-ring (bicyclic) bond motifs is 7. The fraction of sp³-hybridized carbons (Fsp3) is 0.300. The molecule has 0 radical (unpaired) electrons. The summed E-state index contributed by atoms with van der Waals surface area (Å²) >= 11 is 0. The fourth-order valence-electron chi connectivity index (χ4n) is 3.76. The standard InChI is InChI=1S/C20H18O2/c21-19-15-9-5-6-10-16(15)20(22)18-14-8-4-2-1-3-7-13(11-12-14)17(18)19/h5-6,9-12H,1-4,7-8H2. The quantitative estimate of drug-likeness (QED) is 0.624. The third-order valence-corrected chi connectivity index (χ3v) is 4.89. The van der Waals surface area contributed by atoms with E-state index in [4.69, 9.17) is 0 Å². The van der Waals surface area contributed by atoms with E-state index >= 15 is 0 Å². The van der Waals surface area contributed by atoms with Crippen LogP contribution in [0.4, 0.5) is 0 Å². The molecule has 0 spiro atoms. The van der Waals surface area contributed by atoms with Crippen molar-refractivity contribution in [3.63, 3.8) is 0 Å². The second-order valence-corrected chi connectivity index (χ2v) is 6.25. The van der Waals surface area contributed by atoms with Crippen LogP contribution in [0.25, 0.3) is 0 Å². The van der Waals surface area contributed by atoms with Crippen LogP contribution in [0.3, 0.4) is 0 Å². The van der Waals surface area contributed by atoms with Gasteiger partial charge in [0.1, 0.15) is 0 Å². The van der Waals surface area contributed by atoms with Crippen molar-refractivity contribution in [3.8, 4) is 0 Å². The van der Waals surface area contributed by atoms with Gasteiger partial charge < -0.3 is 0 Å². The van der Waals surface area contributed by atoms with E-state index < -0.39 is 0 Å². The summed E-state index contributed by atoms with van der Waals surface area (Å²) in [6.45, 7) is 0. The van der Waals surface area contributed by atoms with E-state index in [1.54, 1.807) is 12.1 Å². The molecule has 2 aromatic rings. The van der Waals surface area contributed by atoms with Crippen molar-refractivity contribution in [3.05, 3.63) is 69.8 Å². The van der Waals surface area contributed by atoms with Crippen molar-refractivity contribution in [1.29, 1.82) is 0 Å². The van der Waals surface area contributed by atoms with Gasteiger partial charge in [-0.3, -0.25) is 9.59 Å². The van der Waals surface area contributed by atoms with Crippen LogP contribution in [0.5, 0.6) is 0 Å². The largest absolute Gasteiger partial charge is 0.289 e. The molecule has 0 heterocycles. The second kappa shape index (κ2) is 5.20. The zero-order chi connectivity index (χ0) is 15.1. The van der Waals surface area contributed by atoms with Crippen LogP contribution in [0, 0.1) is 0 Å². The summed E-state index contributed by atoms with van der Waals surface area (Å²) in [6, 6.07) is 11.4. The average molecular weight is 290 g/mol. The number of rotatable bonds is 0. The Morgan fingerprint density at radius 1 is 0.591 bits per heavy atom. The molecule has 0 saturated carbocycles. The molecule has 2 aromatic carbocycles. The number of benzene rings is 2. The highest BCUT2D eigenvalue weighted by Gasteiger charge is 2.33. The number of hydrogen-bond acceptors (Lipinski definition) is 2. The van der Waals surface area contributed by atoms with Crippen LogP contribution >= 0.6 is 0 Å². The Morgan fingerprint density at radius 3 is 1.50 bits per heavy atom. The molecule has 4 rings (SSSR count). The zero-order valence-electron chi connectivity index (χ0n) is 12.5. The minimum atomic E-state index is 0.0302. The molecule has 2 aliphatic rings. The number of carbonyl (C=O) groups excluding carboxylic acids is 2. The van der Waals surface area contributed by atoms with Crippen molar-refractivity contribution in [2.45, 2.75) is 38.5 Å². The van der Waals surface area contributed by atoms with E-state index in [-0.39, 0.29) is 11.6 Å². The summed E-state index contributed by atoms with van der Waals surface area (Å²) in [5.74, 6) is 0.0604. The van der Waals surface area contributed by atoms with Gasteiger partial charge in [-0.05, 0) is 36.8 Å². The molecule has 0 N–H and O–H groups in total. The Kier molecular flexibility index (Phi) is 3.18. The maximum atomic E-state index is 13.0. The van der Waals surface area contributed by atoms with Gasteiger partial charge in [-0.2, -0.15) is 0 Å². The summed E-state index contributed by atoms with van der Waals surface area (Å²) in [6.07, 6.45) is 6.37. The average Bonchev–Trinajstić information content (AvgIpc) is 2.57. The van der Waals surface area contributed by atoms with Gasteiger partial charge in [-0.1, -0.05) is 49.2 Å². The molecule has 0 fully saturated rings. The van der Waals surface area contributed by atoms with Crippen LogP contribution in [-0.4, -0.2) is 11.6 Å². The van der Waals surface area contributed by atoms with Crippen molar-refractivity contribution in [1.82, 2.24) is 0 Å². The molecule has 2 nitrogen and oxygen atoms in total. The lowest BCUT2D eigenvalue weighted by molar-refractivity contribution is 0.0977. The summed E-state index contributed by atoms with van der Waals surface area (Å²) in [5.41, 5.74) is 4.60. The molecule has 0 amide bonds. The molecule has 0 atom stereocenters. The maximum Gasteiger partial charge on any atom is 0.194 e. The third-order valence-electron chi connectivity index (χ3n) is 4.89. The van der Waals surface area contributed by atoms with Crippen LogP contribution in [0.1, 0.15) is 68.7 Å². The van der Waals surface area contributed by atoms with Crippen molar-refractivity contribution >= 4 is 11.6 Å². The predicted octanol–water partition coefficient (Wildman–Crippen LogP) is 4.12. The summed E-state index contributed by atoms with van der Waals surface area (Å²) < 4.78 is 0. The number of hydrogen-bond donors (Lipinski definition) is 0. The van der Waals surface area contributed by atoms with Gasteiger partial charge in [0.15, 0.2) is 11.6 Å². The SMILES string of the molecule is O=C1c2ccccc2C(=O)c2c3ccc(c21)CCCCCC3. The molecule has 0 saturated heterocycles. The molecule has 0 aromatic heterocycles. The first-order chi connectivity index (χ1) is 10.8. The van der Waals surface area contributed by atoms with Crippen molar-refractivity contribution < 1.29 is 9.59 Å². The topological polar surface area (TPSA) is 34.1 Å². The van der Waals surface area contributed by atoms with Gasteiger partial charge in [0.25, 0.3) is 0 Å². The highest BCUT2D eigenvalue weighted by Crippen LogP contribution is 2.34. The van der Waals surface area contributed by atoms with E-state index in [0.717, 1.165) is 36.8 Å². The Bertz CT molecular complexity index is 720. The lowest BCUT2D eigenvalue weighted by atomic mass is 9.77. The lowest BCUT2D eigenvalue weighted by Crippen LogP contribution is -2.24. The van der Waals surface area contributed by atoms with Crippen molar-refractivity contribution in [2.75, 3.05) is 0 Å². The Morgan fingerprint density at radius 2 is 1.05 bits per heavy atom. The van der Waals surface area contributed by atoms with Gasteiger partial charge in [-0.25, -0.2) is 0 Å². The molecule has 2 heteroatoms. The molecule has 22 heavy (non-hydrogen) atoms. The number of ketones is 2. The molecule has 2 bridgehead atoms. The van der Waals surface area contributed by atoms with Crippen LogP contribution in [0.15, 0.2) is 36.4 Å². The monoisotopic (exact) mass is 290 g/mol. The van der Waals surface area contributed by atoms with Gasteiger partial charge >= 0.3 is 0 Å². The first-order valence-electron chi connectivity index (χ1n) is 8.10. The Labute approximate surface area is 130 Å². The maximum absolute atomic E-state index is 13.0. The number of carbonyl (C=O) groups is 2. The Hall–Kier alpha value is -2.22. The van der Waals surface area contributed by atoms with Crippen LogP contribution < -0.4 is 0 Å². The highest BCUT2D eigenvalue weighted by atomic mass is 16.1. The van der Waals surface area contributed by atoms with Gasteiger partial charge in [0.05, 0.1) is 0 Å². The van der Waals surface area contributed by atoms with E-state index in [1.807, 2.05) is 12.1 Å². The second-order valence-electron chi connectivity index (χ2n) is 6.25. The molecular weight excluding hydrogens is 272 g/mol. The Balaban J connectivity index is 1.99. The first-order valence-corrected chi connectivity index (χ1v) is 8.10. The smallest absolute Gasteiger partial charge is 0.194 e. The van der Waals surface area contributed by atoms with Gasteiger partial charge in [-0.15, -0.1) is 0 Å². The molecule has 2 aliphatic carbocycles. The first kappa shape index (κ1) is 13.4. The lowest BCUT2D eigenvalue weighted by Gasteiger charge is -2.24. The van der Waals surface area contributed by atoms with E-state index in [2.05, 4.69) is 12.1 Å². The normalized spacial score (nSPS) is 17.1. The summed E-state index contributed by atoms with van der Waals surface area (Å²) in [4.78, 5) is 25.9. The minimum absolute atomic E-state index is 0.0302. The molecule has 0 aliphatic heterocycles. The highest BCUT2D eigenvalue weighted by molar-refractivity contribution is 6.29. The van der Waals surface area contributed by atoms with Crippen molar-refractivity contribution in [2.24, 2.45) is 0 Å². The van der Waals surface area contributed by atoms with E-state index in [9.17, 15) is 9.59 Å². The van der Waals surface area contributed by atoms with E-state index in [0.29, 0.717) is 22.3 Å². The zero-order valence-corrected chi connectivity index (χ0v) is 12.5. The minimum Gasteiger partial charge on any atom is -0.289 e. The van der Waals surface area contributed by atoms with Crippen LogP contribution in [0.2, 0.25) is 0 Å². The molecular formula is C20H18O2. The number of aryl methyl sites for hydroxylation is 2. The van der Waals surface area contributed by atoms with Gasteiger partial charge in [0, 0.05) is 22.3 Å². The third kappa shape index (κ3) is 1.94. The molecule has 0 unspecified atom stereocenters. The van der Waals surface area contributed by atoms with Gasteiger partial charge in [0.2, 0.25) is 0 Å². The predicted molar refractivity (Wildman–Crippen MR) is 85.6 cm³/mol.